The average Bonchev–Trinajstić information content (AvgIpc) is 2.93. The second-order valence-electron chi connectivity index (χ2n) is 6.99. The van der Waals surface area contributed by atoms with E-state index in [1.54, 1.807) is 12.1 Å². The van der Waals surface area contributed by atoms with E-state index in [1.165, 1.54) is 4.90 Å². The number of anilines is 1. The maximum atomic E-state index is 12.4. The van der Waals surface area contributed by atoms with Crippen LogP contribution < -0.4 is 15.1 Å². The number of amides is 1. The minimum absolute atomic E-state index is 0.0600. The molecule has 3 rings (SSSR count). The minimum atomic E-state index is -2.98. The summed E-state index contributed by atoms with van der Waals surface area (Å²) in [6.07, 6.45) is 0.519. The van der Waals surface area contributed by atoms with E-state index >= 15 is 0 Å². The zero-order chi connectivity index (χ0) is 18.0. The molecule has 0 unspecified atom stereocenters. The standard InChI is InChI=1S/C17H25N3O4S/c1-13(17(22)18-14-6-11-25(23,24)12-14)19-7-9-20(10-8-19)15-2-4-16(21)5-3-15/h2-5,13-14,21H,6-12H2,1H3,(H,18,22)/p+1/t13-,14-/m1/s1. The van der Waals surface area contributed by atoms with Crippen molar-refractivity contribution in [2.45, 2.75) is 25.4 Å². The number of benzene rings is 1. The molecular formula is C17H26N3O4S+. The van der Waals surface area contributed by atoms with E-state index in [9.17, 15) is 18.3 Å². The first-order valence-electron chi connectivity index (χ1n) is 8.73. The Balaban J connectivity index is 1.50. The molecule has 8 heteroatoms. The highest BCUT2D eigenvalue weighted by Gasteiger charge is 2.33. The third-order valence-corrected chi connectivity index (χ3v) is 6.97. The smallest absolute Gasteiger partial charge is 0.278 e. The number of aromatic hydroxyl groups is 1. The second kappa shape index (κ2) is 7.21. The molecule has 1 aromatic rings. The Labute approximate surface area is 148 Å². The van der Waals surface area contributed by atoms with Crippen LogP contribution in [0.4, 0.5) is 5.69 Å². The summed E-state index contributed by atoms with van der Waals surface area (Å²) in [5.41, 5.74) is 1.07. The summed E-state index contributed by atoms with van der Waals surface area (Å²) in [6.45, 7) is 5.28. The van der Waals surface area contributed by atoms with Crippen molar-refractivity contribution in [1.29, 1.82) is 0 Å². The predicted octanol–water partition coefficient (Wildman–Crippen LogP) is -1.21. The second-order valence-corrected chi connectivity index (χ2v) is 9.22. The van der Waals surface area contributed by atoms with Crippen LogP contribution >= 0.6 is 0 Å². The van der Waals surface area contributed by atoms with Gasteiger partial charge in [-0.25, -0.2) is 8.42 Å². The van der Waals surface area contributed by atoms with E-state index in [4.69, 9.17) is 0 Å². The number of phenolic OH excluding ortho intramolecular Hbond substituents is 1. The maximum Gasteiger partial charge on any atom is 0.278 e. The van der Waals surface area contributed by atoms with Crippen molar-refractivity contribution in [3.05, 3.63) is 24.3 Å². The first-order valence-corrected chi connectivity index (χ1v) is 10.6. The molecule has 0 aromatic heterocycles. The first kappa shape index (κ1) is 18.0. The van der Waals surface area contributed by atoms with Crippen LogP contribution in [0, 0.1) is 0 Å². The molecule has 1 amide bonds. The molecule has 2 aliphatic heterocycles. The molecule has 3 N–H and O–H groups in total. The molecule has 0 radical (unpaired) electrons. The lowest BCUT2D eigenvalue weighted by Gasteiger charge is -2.36. The summed E-state index contributed by atoms with van der Waals surface area (Å²) >= 11 is 0. The lowest BCUT2D eigenvalue weighted by molar-refractivity contribution is -0.914. The highest BCUT2D eigenvalue weighted by atomic mass is 32.2. The van der Waals surface area contributed by atoms with Crippen LogP contribution in [0.25, 0.3) is 0 Å². The van der Waals surface area contributed by atoms with Crippen molar-refractivity contribution in [2.24, 2.45) is 0 Å². The Hall–Kier alpha value is -1.80. The van der Waals surface area contributed by atoms with Crippen molar-refractivity contribution in [3.8, 4) is 5.75 Å². The van der Waals surface area contributed by atoms with Crippen LogP contribution in [-0.4, -0.2) is 69.2 Å². The van der Waals surface area contributed by atoms with Gasteiger partial charge in [0.2, 0.25) is 0 Å². The molecule has 7 nitrogen and oxygen atoms in total. The van der Waals surface area contributed by atoms with Crippen LogP contribution in [0.2, 0.25) is 0 Å². The van der Waals surface area contributed by atoms with E-state index in [2.05, 4.69) is 10.2 Å². The lowest BCUT2D eigenvalue weighted by atomic mass is 10.1. The molecule has 138 valence electrons. The lowest BCUT2D eigenvalue weighted by Crippen LogP contribution is -3.19. The van der Waals surface area contributed by atoms with Gasteiger partial charge in [-0.2, -0.15) is 0 Å². The van der Waals surface area contributed by atoms with E-state index in [0.717, 1.165) is 31.9 Å². The van der Waals surface area contributed by atoms with Crippen molar-refractivity contribution in [1.82, 2.24) is 5.32 Å². The Kier molecular flexibility index (Phi) is 5.19. The van der Waals surface area contributed by atoms with Crippen LogP contribution in [0.1, 0.15) is 13.3 Å². The van der Waals surface area contributed by atoms with E-state index in [-0.39, 0.29) is 35.2 Å². The summed E-state index contributed by atoms with van der Waals surface area (Å²) < 4.78 is 23.0. The summed E-state index contributed by atoms with van der Waals surface area (Å²) in [6, 6.07) is 6.73. The van der Waals surface area contributed by atoms with E-state index in [1.807, 2.05) is 19.1 Å². The Morgan fingerprint density at radius 2 is 1.92 bits per heavy atom. The van der Waals surface area contributed by atoms with Crippen LogP contribution in [0.15, 0.2) is 24.3 Å². The molecule has 2 saturated heterocycles. The van der Waals surface area contributed by atoms with Gasteiger partial charge in [0.15, 0.2) is 15.9 Å². The van der Waals surface area contributed by atoms with Crippen molar-refractivity contribution in [3.63, 3.8) is 0 Å². The van der Waals surface area contributed by atoms with Crippen LogP contribution in [0.5, 0.6) is 5.75 Å². The van der Waals surface area contributed by atoms with Gasteiger partial charge in [0.25, 0.3) is 5.91 Å². The molecule has 2 aliphatic rings. The number of nitrogens with zero attached hydrogens (tertiary/aromatic N) is 1. The van der Waals surface area contributed by atoms with Gasteiger partial charge in [0.1, 0.15) is 5.75 Å². The molecule has 1 aromatic carbocycles. The average molecular weight is 368 g/mol. The number of rotatable bonds is 4. The number of piperazine rings is 1. The fraction of sp³-hybridized carbons (Fsp3) is 0.588. The van der Waals surface area contributed by atoms with E-state index < -0.39 is 9.84 Å². The number of phenols is 1. The summed E-state index contributed by atoms with van der Waals surface area (Å²) in [5.74, 6) is 0.433. The number of nitrogens with one attached hydrogen (secondary N) is 2. The third kappa shape index (κ3) is 4.43. The first-order chi connectivity index (χ1) is 11.8. The summed E-state index contributed by atoms with van der Waals surface area (Å²) in [5, 5.41) is 12.3. The number of sulfone groups is 1. The predicted molar refractivity (Wildman–Crippen MR) is 95.7 cm³/mol. The van der Waals surface area contributed by atoms with Gasteiger partial charge in [-0.15, -0.1) is 0 Å². The number of hydrogen-bond acceptors (Lipinski definition) is 5. The highest BCUT2D eigenvalue weighted by molar-refractivity contribution is 7.91. The highest BCUT2D eigenvalue weighted by Crippen LogP contribution is 2.18. The minimum Gasteiger partial charge on any atom is -0.508 e. The Bertz CT molecular complexity index is 712. The fourth-order valence-electron chi connectivity index (χ4n) is 3.57. The molecule has 0 aliphatic carbocycles. The number of hydrogen-bond donors (Lipinski definition) is 3. The SMILES string of the molecule is C[C@H](C(=O)N[C@@H]1CCS(=O)(=O)C1)[NH+]1CCN(c2ccc(O)cc2)CC1. The molecule has 25 heavy (non-hydrogen) atoms. The topological polar surface area (TPSA) is 91.2 Å². The molecule has 2 atom stereocenters. The summed E-state index contributed by atoms with van der Waals surface area (Å²) in [4.78, 5) is 15.9. The number of carbonyl (C=O) groups excluding carboxylic acids is 1. The normalized spacial score (nSPS) is 24.8. The maximum absolute atomic E-state index is 12.4. The molecule has 2 fully saturated rings. The zero-order valence-electron chi connectivity index (χ0n) is 14.4. The zero-order valence-corrected chi connectivity index (χ0v) is 15.3. The van der Waals surface area contributed by atoms with Crippen molar-refractivity contribution >= 4 is 21.4 Å². The van der Waals surface area contributed by atoms with Crippen LogP contribution in [-0.2, 0) is 14.6 Å². The third-order valence-electron chi connectivity index (χ3n) is 5.21. The monoisotopic (exact) mass is 368 g/mol. The van der Waals surface area contributed by atoms with Gasteiger partial charge in [-0.1, -0.05) is 0 Å². The van der Waals surface area contributed by atoms with Gasteiger partial charge in [0.05, 0.1) is 37.7 Å². The Morgan fingerprint density at radius 1 is 1.28 bits per heavy atom. The molecule has 0 saturated carbocycles. The van der Waals surface area contributed by atoms with Gasteiger partial charge in [-0.3, -0.25) is 4.79 Å². The fourth-order valence-corrected chi connectivity index (χ4v) is 5.24. The van der Waals surface area contributed by atoms with Crippen LogP contribution in [0.3, 0.4) is 0 Å². The van der Waals surface area contributed by atoms with Gasteiger partial charge < -0.3 is 20.2 Å². The van der Waals surface area contributed by atoms with Crippen molar-refractivity contribution < 1.29 is 23.2 Å². The molecule has 2 heterocycles. The van der Waals surface area contributed by atoms with Gasteiger partial charge in [-0.05, 0) is 37.6 Å². The molecule has 0 spiro atoms. The molecule has 0 bridgehead atoms. The number of carbonyl (C=O) groups is 1. The summed E-state index contributed by atoms with van der Waals surface area (Å²) in [7, 11) is -2.98. The van der Waals surface area contributed by atoms with Gasteiger partial charge >= 0.3 is 0 Å². The Morgan fingerprint density at radius 3 is 2.48 bits per heavy atom. The number of quaternary nitrogens is 1. The quantitative estimate of drug-likeness (QED) is 0.620. The molecular weight excluding hydrogens is 342 g/mol. The van der Waals surface area contributed by atoms with Gasteiger partial charge in [0, 0.05) is 11.7 Å². The largest absolute Gasteiger partial charge is 0.508 e. The van der Waals surface area contributed by atoms with Crippen molar-refractivity contribution in [2.75, 3.05) is 42.6 Å². The van der Waals surface area contributed by atoms with E-state index in [0.29, 0.717) is 6.42 Å².